The van der Waals surface area contributed by atoms with Crippen LogP contribution in [0.3, 0.4) is 0 Å². The molecule has 118 valence electrons. The summed E-state index contributed by atoms with van der Waals surface area (Å²) in [5.74, 6) is 0.996. The first-order valence-electron chi connectivity index (χ1n) is 8.06. The first-order valence-corrected chi connectivity index (χ1v) is 8.06. The van der Waals surface area contributed by atoms with Gasteiger partial charge in [-0.2, -0.15) is 0 Å². The molecule has 1 atom stereocenters. The van der Waals surface area contributed by atoms with E-state index in [0.29, 0.717) is 0 Å². The number of para-hydroxylation sites is 1. The minimum atomic E-state index is 0.215. The second-order valence-corrected chi connectivity index (χ2v) is 5.97. The van der Waals surface area contributed by atoms with Gasteiger partial charge in [-0.3, -0.25) is 4.90 Å². The first-order chi connectivity index (χ1) is 10.2. The fourth-order valence-corrected chi connectivity index (χ4v) is 2.60. The summed E-state index contributed by atoms with van der Waals surface area (Å²) in [5.41, 5.74) is 7.29. The number of benzene rings is 1. The molecule has 1 aliphatic rings. The van der Waals surface area contributed by atoms with E-state index >= 15 is 0 Å². The molecule has 0 bridgehead atoms. The van der Waals surface area contributed by atoms with Crippen LogP contribution in [-0.4, -0.2) is 62.2 Å². The molecule has 2 rings (SSSR count). The Morgan fingerprint density at radius 3 is 2.62 bits per heavy atom. The van der Waals surface area contributed by atoms with Gasteiger partial charge in [-0.15, -0.1) is 0 Å². The predicted octanol–water partition coefficient (Wildman–Crippen LogP) is 1.59. The zero-order chi connectivity index (χ0) is 15.1. The van der Waals surface area contributed by atoms with Gasteiger partial charge in [0.25, 0.3) is 0 Å². The van der Waals surface area contributed by atoms with E-state index in [1.807, 2.05) is 6.07 Å². The molecule has 1 fully saturated rings. The molecule has 2 N–H and O–H groups in total. The molecule has 0 amide bonds. The van der Waals surface area contributed by atoms with Crippen molar-refractivity contribution in [1.29, 1.82) is 0 Å². The fraction of sp³-hybridized carbons (Fsp3) is 0.647. The van der Waals surface area contributed by atoms with E-state index in [0.717, 1.165) is 57.9 Å². The standard InChI is InChI=1S/C17H29N3O/c1-3-16(18)14-15-6-4-5-7-17(15)21-13-12-20-10-8-19(2)9-11-20/h4-7,16H,3,8-14,18H2,1-2H3. The van der Waals surface area contributed by atoms with Gasteiger partial charge >= 0.3 is 0 Å². The van der Waals surface area contributed by atoms with Crippen LogP contribution in [0.4, 0.5) is 0 Å². The Balaban J connectivity index is 1.80. The lowest BCUT2D eigenvalue weighted by molar-refractivity contribution is 0.133. The summed E-state index contributed by atoms with van der Waals surface area (Å²) in [6, 6.07) is 8.49. The Labute approximate surface area is 128 Å². The maximum Gasteiger partial charge on any atom is 0.122 e. The molecule has 1 aromatic rings. The van der Waals surface area contributed by atoms with Crippen molar-refractivity contribution in [2.24, 2.45) is 5.73 Å². The molecule has 1 saturated heterocycles. The van der Waals surface area contributed by atoms with Crippen LogP contribution in [0.2, 0.25) is 0 Å². The Kier molecular flexibility index (Phi) is 6.49. The van der Waals surface area contributed by atoms with Crippen molar-refractivity contribution in [3.63, 3.8) is 0 Å². The molecular formula is C17H29N3O. The lowest BCUT2D eigenvalue weighted by atomic mass is 10.0. The van der Waals surface area contributed by atoms with Crippen molar-refractivity contribution >= 4 is 0 Å². The predicted molar refractivity (Wildman–Crippen MR) is 87.8 cm³/mol. The molecule has 4 nitrogen and oxygen atoms in total. The molecule has 21 heavy (non-hydrogen) atoms. The van der Waals surface area contributed by atoms with E-state index in [9.17, 15) is 0 Å². The van der Waals surface area contributed by atoms with Gasteiger partial charge in [0.2, 0.25) is 0 Å². The van der Waals surface area contributed by atoms with Crippen LogP contribution in [0.1, 0.15) is 18.9 Å². The molecule has 0 radical (unpaired) electrons. The summed E-state index contributed by atoms with van der Waals surface area (Å²) in [6.45, 7) is 8.47. The molecule has 0 spiro atoms. The van der Waals surface area contributed by atoms with E-state index in [1.54, 1.807) is 0 Å². The van der Waals surface area contributed by atoms with Gasteiger partial charge in [-0.25, -0.2) is 0 Å². The first kappa shape index (κ1) is 16.3. The van der Waals surface area contributed by atoms with Crippen molar-refractivity contribution in [1.82, 2.24) is 9.80 Å². The molecule has 0 saturated carbocycles. The van der Waals surface area contributed by atoms with Gasteiger partial charge in [-0.1, -0.05) is 25.1 Å². The van der Waals surface area contributed by atoms with Crippen LogP contribution in [0.5, 0.6) is 5.75 Å². The van der Waals surface area contributed by atoms with Crippen LogP contribution < -0.4 is 10.5 Å². The molecule has 1 unspecified atom stereocenters. The van der Waals surface area contributed by atoms with E-state index in [1.165, 1.54) is 5.56 Å². The highest BCUT2D eigenvalue weighted by Gasteiger charge is 2.13. The average molecular weight is 291 g/mol. The van der Waals surface area contributed by atoms with Gasteiger partial charge in [0, 0.05) is 38.8 Å². The summed E-state index contributed by atoms with van der Waals surface area (Å²) >= 11 is 0. The van der Waals surface area contributed by atoms with Gasteiger partial charge in [0.05, 0.1) is 0 Å². The van der Waals surface area contributed by atoms with Crippen LogP contribution in [-0.2, 0) is 6.42 Å². The lowest BCUT2D eigenvalue weighted by Gasteiger charge is -2.32. The Hall–Kier alpha value is -1.10. The third-order valence-electron chi connectivity index (χ3n) is 4.24. The maximum atomic E-state index is 6.06. The van der Waals surface area contributed by atoms with E-state index in [-0.39, 0.29) is 6.04 Å². The smallest absolute Gasteiger partial charge is 0.122 e. The molecule has 1 aromatic carbocycles. The largest absolute Gasteiger partial charge is 0.492 e. The normalized spacial score (nSPS) is 18.6. The van der Waals surface area contributed by atoms with Crippen molar-refractivity contribution in [2.45, 2.75) is 25.8 Å². The molecule has 0 aliphatic carbocycles. The SMILES string of the molecule is CCC(N)Cc1ccccc1OCCN1CCN(C)CC1. The van der Waals surface area contributed by atoms with Gasteiger partial charge < -0.3 is 15.4 Å². The van der Waals surface area contributed by atoms with Crippen LogP contribution in [0, 0.1) is 0 Å². The monoisotopic (exact) mass is 291 g/mol. The Morgan fingerprint density at radius 2 is 1.90 bits per heavy atom. The average Bonchev–Trinajstić information content (AvgIpc) is 2.51. The highest BCUT2D eigenvalue weighted by Crippen LogP contribution is 2.19. The molecule has 0 aromatic heterocycles. The van der Waals surface area contributed by atoms with Crippen molar-refractivity contribution in [3.05, 3.63) is 29.8 Å². The number of hydrogen-bond donors (Lipinski definition) is 1. The van der Waals surface area contributed by atoms with E-state index in [2.05, 4.69) is 42.0 Å². The summed E-state index contributed by atoms with van der Waals surface area (Å²) < 4.78 is 6.00. The van der Waals surface area contributed by atoms with Gasteiger partial charge in [0.15, 0.2) is 0 Å². The lowest BCUT2D eigenvalue weighted by Crippen LogP contribution is -2.45. The second-order valence-electron chi connectivity index (χ2n) is 5.97. The van der Waals surface area contributed by atoms with Gasteiger partial charge in [0.1, 0.15) is 12.4 Å². The number of hydrogen-bond acceptors (Lipinski definition) is 4. The Bertz CT molecular complexity index is 416. The minimum Gasteiger partial charge on any atom is -0.492 e. The molecule has 4 heteroatoms. The fourth-order valence-electron chi connectivity index (χ4n) is 2.60. The minimum absolute atomic E-state index is 0.215. The van der Waals surface area contributed by atoms with Crippen molar-refractivity contribution < 1.29 is 4.74 Å². The number of ether oxygens (including phenoxy) is 1. The summed E-state index contributed by atoms with van der Waals surface area (Å²) in [7, 11) is 2.18. The summed E-state index contributed by atoms with van der Waals surface area (Å²) in [6.07, 6.45) is 1.89. The summed E-state index contributed by atoms with van der Waals surface area (Å²) in [4.78, 5) is 4.85. The van der Waals surface area contributed by atoms with Crippen molar-refractivity contribution in [2.75, 3.05) is 46.4 Å². The zero-order valence-electron chi connectivity index (χ0n) is 13.4. The molecular weight excluding hydrogens is 262 g/mol. The van der Waals surface area contributed by atoms with Crippen LogP contribution in [0.15, 0.2) is 24.3 Å². The number of nitrogens with zero attached hydrogens (tertiary/aromatic N) is 2. The van der Waals surface area contributed by atoms with Crippen LogP contribution >= 0.6 is 0 Å². The second kappa shape index (κ2) is 8.37. The number of likely N-dealkylation sites (N-methyl/N-ethyl adjacent to an activating group) is 1. The van der Waals surface area contributed by atoms with Crippen molar-refractivity contribution in [3.8, 4) is 5.75 Å². The number of piperazine rings is 1. The Morgan fingerprint density at radius 1 is 1.19 bits per heavy atom. The highest BCUT2D eigenvalue weighted by molar-refractivity contribution is 5.33. The molecule has 1 heterocycles. The highest BCUT2D eigenvalue weighted by atomic mass is 16.5. The van der Waals surface area contributed by atoms with E-state index in [4.69, 9.17) is 10.5 Å². The number of rotatable bonds is 7. The third kappa shape index (κ3) is 5.30. The quantitative estimate of drug-likeness (QED) is 0.828. The maximum absolute atomic E-state index is 6.06. The zero-order valence-corrected chi connectivity index (χ0v) is 13.4. The molecule has 1 aliphatic heterocycles. The topological polar surface area (TPSA) is 41.7 Å². The third-order valence-corrected chi connectivity index (χ3v) is 4.24. The van der Waals surface area contributed by atoms with Crippen LogP contribution in [0.25, 0.3) is 0 Å². The van der Waals surface area contributed by atoms with E-state index < -0.39 is 0 Å². The number of nitrogens with two attached hydrogens (primary N) is 1. The summed E-state index contributed by atoms with van der Waals surface area (Å²) in [5, 5.41) is 0. The van der Waals surface area contributed by atoms with Gasteiger partial charge in [-0.05, 0) is 31.5 Å².